The van der Waals surface area contributed by atoms with Gasteiger partial charge in [0, 0.05) is 5.57 Å². The molecule has 2 atom stereocenters. The van der Waals surface area contributed by atoms with Crippen molar-refractivity contribution in [3.63, 3.8) is 0 Å². The molecule has 0 amide bonds. The van der Waals surface area contributed by atoms with Gasteiger partial charge in [-0.25, -0.2) is 9.18 Å². The van der Waals surface area contributed by atoms with Gasteiger partial charge < -0.3 is 9.47 Å². The normalized spacial score (nSPS) is 22.4. The van der Waals surface area contributed by atoms with E-state index in [1.807, 2.05) is 13.8 Å². The lowest BCUT2D eigenvalue weighted by Crippen LogP contribution is -2.10. The molecule has 1 saturated carbocycles. The van der Waals surface area contributed by atoms with Crippen molar-refractivity contribution < 1.29 is 23.5 Å². The summed E-state index contributed by atoms with van der Waals surface area (Å²) in [5, 5.41) is 0. The molecule has 0 aliphatic heterocycles. The maximum Gasteiger partial charge on any atom is 0.333 e. The number of methoxy groups -OCH3 is 1. The number of esters is 2. The summed E-state index contributed by atoms with van der Waals surface area (Å²) >= 11 is 0. The number of carbonyl (C=O) groups excluding carboxylic acids is 2. The Morgan fingerprint density at radius 2 is 2.04 bits per heavy atom. The summed E-state index contributed by atoms with van der Waals surface area (Å²) < 4.78 is 23.1. The summed E-state index contributed by atoms with van der Waals surface area (Å²) in [5.74, 6) is -1.48. The summed E-state index contributed by atoms with van der Waals surface area (Å²) in [5.41, 5.74) is 0.814. The third-order valence-electron chi connectivity index (χ3n) is 4.37. The van der Waals surface area contributed by atoms with E-state index in [0.29, 0.717) is 11.1 Å². The van der Waals surface area contributed by atoms with Crippen LogP contribution in [0.3, 0.4) is 0 Å². The van der Waals surface area contributed by atoms with E-state index in [0.717, 1.165) is 0 Å². The average molecular weight is 320 g/mol. The van der Waals surface area contributed by atoms with Crippen molar-refractivity contribution in [3.8, 4) is 0 Å². The number of benzene rings is 1. The number of hydrogen-bond donors (Lipinski definition) is 0. The molecule has 4 nitrogen and oxygen atoms in total. The summed E-state index contributed by atoms with van der Waals surface area (Å²) in [4.78, 5) is 23.7. The quantitative estimate of drug-likeness (QED) is 0.617. The Bertz CT molecular complexity index is 648. The van der Waals surface area contributed by atoms with Gasteiger partial charge in [-0.1, -0.05) is 32.1 Å². The molecule has 5 heteroatoms. The minimum absolute atomic E-state index is 0.0373. The van der Waals surface area contributed by atoms with Gasteiger partial charge in [-0.15, -0.1) is 0 Å². The van der Waals surface area contributed by atoms with Crippen LogP contribution in [0.2, 0.25) is 0 Å². The standard InChI is InChI=1S/C18H21FO4/c1-11(16(20)22-4)8-14-15(18(14,2)3)17(21)23-10-12-6-5-7-13(19)9-12/h5-9,14-15H,10H2,1-4H3/b11-8+. The van der Waals surface area contributed by atoms with E-state index < -0.39 is 5.97 Å². The second-order valence-corrected chi connectivity index (χ2v) is 6.40. The van der Waals surface area contributed by atoms with Crippen molar-refractivity contribution in [1.82, 2.24) is 0 Å². The Labute approximate surface area is 135 Å². The Morgan fingerprint density at radius 1 is 1.35 bits per heavy atom. The van der Waals surface area contributed by atoms with Crippen LogP contribution in [-0.4, -0.2) is 19.0 Å². The third kappa shape index (κ3) is 3.78. The van der Waals surface area contributed by atoms with E-state index >= 15 is 0 Å². The third-order valence-corrected chi connectivity index (χ3v) is 4.37. The molecule has 0 radical (unpaired) electrons. The smallest absolute Gasteiger partial charge is 0.333 e. The van der Waals surface area contributed by atoms with Gasteiger partial charge in [-0.2, -0.15) is 0 Å². The van der Waals surface area contributed by atoms with Gasteiger partial charge in [0.1, 0.15) is 12.4 Å². The first-order valence-corrected chi connectivity index (χ1v) is 7.45. The molecule has 0 N–H and O–H groups in total. The Hall–Kier alpha value is -2.17. The first-order valence-electron chi connectivity index (χ1n) is 7.45. The zero-order chi connectivity index (χ0) is 17.2. The fraction of sp³-hybridized carbons (Fsp3) is 0.444. The van der Waals surface area contributed by atoms with Crippen LogP contribution in [0.1, 0.15) is 26.3 Å². The zero-order valence-electron chi connectivity index (χ0n) is 13.8. The van der Waals surface area contributed by atoms with E-state index in [4.69, 9.17) is 4.74 Å². The molecular weight excluding hydrogens is 299 g/mol. The van der Waals surface area contributed by atoms with Crippen molar-refractivity contribution in [2.45, 2.75) is 27.4 Å². The Kier molecular flexibility index (Phi) is 4.88. The van der Waals surface area contributed by atoms with Gasteiger partial charge >= 0.3 is 11.9 Å². The summed E-state index contributed by atoms with van der Waals surface area (Å²) in [6.45, 7) is 5.60. The summed E-state index contributed by atoms with van der Waals surface area (Å²) in [7, 11) is 1.32. The highest BCUT2D eigenvalue weighted by molar-refractivity contribution is 5.88. The van der Waals surface area contributed by atoms with Crippen molar-refractivity contribution >= 4 is 11.9 Å². The maximum atomic E-state index is 13.1. The second kappa shape index (κ2) is 6.52. The number of halogens is 1. The Balaban J connectivity index is 1.98. The van der Waals surface area contributed by atoms with Crippen LogP contribution in [0.5, 0.6) is 0 Å². The number of hydrogen-bond acceptors (Lipinski definition) is 4. The van der Waals surface area contributed by atoms with Gasteiger partial charge in [-0.3, -0.25) is 4.79 Å². The molecule has 0 bridgehead atoms. The highest BCUT2D eigenvalue weighted by Crippen LogP contribution is 2.59. The molecule has 1 aromatic rings. The van der Waals surface area contributed by atoms with Crippen LogP contribution in [0.15, 0.2) is 35.9 Å². The van der Waals surface area contributed by atoms with Crippen LogP contribution in [0.25, 0.3) is 0 Å². The molecule has 0 saturated heterocycles. The summed E-state index contributed by atoms with van der Waals surface area (Å²) in [6.07, 6.45) is 1.76. The van der Waals surface area contributed by atoms with Crippen LogP contribution >= 0.6 is 0 Å². The van der Waals surface area contributed by atoms with Crippen LogP contribution in [0, 0.1) is 23.1 Å². The van der Waals surface area contributed by atoms with Crippen molar-refractivity contribution in [1.29, 1.82) is 0 Å². The zero-order valence-corrected chi connectivity index (χ0v) is 13.8. The predicted molar refractivity (Wildman–Crippen MR) is 82.7 cm³/mol. The fourth-order valence-corrected chi connectivity index (χ4v) is 2.81. The van der Waals surface area contributed by atoms with E-state index in [1.54, 1.807) is 25.1 Å². The molecule has 1 fully saturated rings. The molecule has 0 aromatic heterocycles. The molecule has 2 unspecified atom stereocenters. The fourth-order valence-electron chi connectivity index (χ4n) is 2.81. The van der Waals surface area contributed by atoms with Crippen molar-refractivity contribution in [2.75, 3.05) is 7.11 Å². The van der Waals surface area contributed by atoms with Gasteiger partial charge in [0.25, 0.3) is 0 Å². The van der Waals surface area contributed by atoms with Gasteiger partial charge in [0.2, 0.25) is 0 Å². The topological polar surface area (TPSA) is 52.6 Å². The molecule has 1 aliphatic rings. The lowest BCUT2D eigenvalue weighted by Gasteiger charge is -2.06. The average Bonchev–Trinajstić information content (AvgIpc) is 3.04. The first-order chi connectivity index (χ1) is 10.8. The number of carbonyl (C=O) groups is 2. The minimum Gasteiger partial charge on any atom is -0.466 e. The lowest BCUT2D eigenvalue weighted by atomic mass is 10.1. The van der Waals surface area contributed by atoms with Gasteiger partial charge in [0.15, 0.2) is 0 Å². The number of allylic oxidation sites excluding steroid dienone is 1. The molecule has 1 aromatic carbocycles. The SMILES string of the molecule is COC(=O)/C(C)=C/C1C(C(=O)OCc2cccc(F)c2)C1(C)C. The van der Waals surface area contributed by atoms with Gasteiger partial charge in [-0.05, 0) is 36.0 Å². The van der Waals surface area contributed by atoms with E-state index in [-0.39, 0.29) is 35.6 Å². The molecule has 0 spiro atoms. The molecule has 124 valence electrons. The predicted octanol–water partition coefficient (Wildman–Crippen LogP) is 3.26. The lowest BCUT2D eigenvalue weighted by molar-refractivity contribution is -0.147. The van der Waals surface area contributed by atoms with E-state index in [1.165, 1.54) is 19.2 Å². The molecular formula is C18H21FO4. The van der Waals surface area contributed by atoms with E-state index in [2.05, 4.69) is 4.74 Å². The molecule has 1 aliphatic carbocycles. The van der Waals surface area contributed by atoms with Gasteiger partial charge in [0.05, 0.1) is 13.0 Å². The maximum absolute atomic E-state index is 13.1. The highest BCUT2D eigenvalue weighted by Gasteiger charge is 2.61. The van der Waals surface area contributed by atoms with Crippen LogP contribution < -0.4 is 0 Å². The minimum atomic E-state index is -0.403. The summed E-state index contributed by atoms with van der Waals surface area (Å²) in [6, 6.07) is 5.95. The monoisotopic (exact) mass is 320 g/mol. The van der Waals surface area contributed by atoms with Crippen molar-refractivity contribution in [3.05, 3.63) is 47.3 Å². The number of rotatable bonds is 5. The van der Waals surface area contributed by atoms with Crippen molar-refractivity contribution in [2.24, 2.45) is 17.3 Å². The Morgan fingerprint density at radius 3 is 2.65 bits per heavy atom. The van der Waals surface area contributed by atoms with Crippen LogP contribution in [0.4, 0.5) is 4.39 Å². The number of ether oxygens (including phenoxy) is 2. The highest BCUT2D eigenvalue weighted by atomic mass is 19.1. The molecule has 2 rings (SSSR count). The second-order valence-electron chi connectivity index (χ2n) is 6.40. The first kappa shape index (κ1) is 17.2. The van der Waals surface area contributed by atoms with Crippen LogP contribution in [-0.2, 0) is 25.7 Å². The molecule has 23 heavy (non-hydrogen) atoms. The molecule has 0 heterocycles. The van der Waals surface area contributed by atoms with E-state index in [9.17, 15) is 14.0 Å². The largest absolute Gasteiger partial charge is 0.466 e.